The van der Waals surface area contributed by atoms with Gasteiger partial charge in [0.25, 0.3) is 0 Å². The van der Waals surface area contributed by atoms with Crippen LogP contribution in [0.2, 0.25) is 0 Å². The summed E-state index contributed by atoms with van der Waals surface area (Å²) in [6, 6.07) is 0. The number of carboxylic acids is 1. The molecular weight excluding hydrogens is 742 g/mol. The molecule has 0 aromatic rings. The first-order chi connectivity index (χ1) is 27.8. The van der Waals surface area contributed by atoms with E-state index >= 15 is 0 Å². The van der Waals surface area contributed by atoms with Crippen molar-refractivity contribution in [3.63, 3.8) is 0 Å². The highest BCUT2D eigenvalue weighted by Gasteiger charge is 2.17. The van der Waals surface area contributed by atoms with Crippen molar-refractivity contribution in [3.05, 3.63) is 0 Å². The van der Waals surface area contributed by atoms with Gasteiger partial charge in [-0.15, -0.1) is 0 Å². The van der Waals surface area contributed by atoms with Crippen LogP contribution in [-0.4, -0.2) is 151 Å². The predicted octanol–water partition coefficient (Wildman–Crippen LogP) is 2.48. The first-order valence-electron chi connectivity index (χ1n) is 21.2. The molecule has 1 aliphatic rings. The highest BCUT2D eigenvalue weighted by molar-refractivity contribution is 5.78. The van der Waals surface area contributed by atoms with E-state index in [-0.39, 0.29) is 82.4 Å². The number of nitrogens with one attached hydrogen (secondary N) is 4. The van der Waals surface area contributed by atoms with E-state index in [9.17, 15) is 28.8 Å². The predicted molar refractivity (Wildman–Crippen MR) is 213 cm³/mol. The molecule has 0 aromatic carbocycles. The van der Waals surface area contributed by atoms with E-state index in [0.29, 0.717) is 78.2 Å². The topological polar surface area (TPSA) is 220 Å². The van der Waals surface area contributed by atoms with Gasteiger partial charge in [-0.25, -0.2) is 0 Å². The minimum Gasteiger partial charge on any atom is -0.481 e. The van der Waals surface area contributed by atoms with Crippen LogP contribution in [0.25, 0.3) is 0 Å². The molecule has 0 bridgehead atoms. The second-order valence-electron chi connectivity index (χ2n) is 14.2. The molecule has 0 radical (unpaired) electrons. The van der Waals surface area contributed by atoms with Crippen molar-refractivity contribution >= 4 is 35.6 Å². The van der Waals surface area contributed by atoms with Crippen molar-refractivity contribution in [2.75, 3.05) is 105 Å². The molecule has 5 N–H and O–H groups in total. The number of carbonyl (C=O) groups is 6. The van der Waals surface area contributed by atoms with E-state index in [1.54, 1.807) is 0 Å². The molecule has 1 rings (SSSR count). The molecule has 17 heteroatoms. The molecule has 0 saturated carbocycles. The highest BCUT2D eigenvalue weighted by atomic mass is 16.5. The molecule has 4 amide bonds. The van der Waals surface area contributed by atoms with Crippen LogP contribution in [0.4, 0.5) is 0 Å². The van der Waals surface area contributed by atoms with Gasteiger partial charge in [0, 0.05) is 58.5 Å². The molecule has 1 saturated heterocycles. The Hall–Kier alpha value is -3.38. The molecule has 17 nitrogen and oxygen atoms in total. The molecule has 0 aromatic heterocycles. The Morgan fingerprint density at radius 2 is 0.930 bits per heavy atom. The smallest absolute Gasteiger partial charge is 0.320 e. The number of amides is 4. The van der Waals surface area contributed by atoms with E-state index in [2.05, 4.69) is 21.3 Å². The molecule has 0 spiro atoms. The maximum absolute atomic E-state index is 12.1. The average Bonchev–Trinajstić information content (AvgIpc) is 3.18. The number of carbonyl (C=O) groups excluding carboxylic acids is 5. The average molecular weight is 816 g/mol. The Bertz CT molecular complexity index is 1080. The van der Waals surface area contributed by atoms with Gasteiger partial charge in [-0.2, -0.15) is 0 Å². The number of hydrogen-bond acceptors (Lipinski definition) is 12. The number of hydrogen-bond donors (Lipinski definition) is 5. The summed E-state index contributed by atoms with van der Waals surface area (Å²) < 4.78 is 26.3. The van der Waals surface area contributed by atoms with Crippen LogP contribution in [-0.2, 0) is 52.5 Å². The third-order valence-electron chi connectivity index (χ3n) is 9.07. The summed E-state index contributed by atoms with van der Waals surface area (Å²) in [7, 11) is 0. The lowest BCUT2D eigenvalue weighted by molar-refractivity contribution is -0.150. The third kappa shape index (κ3) is 36.7. The lowest BCUT2D eigenvalue weighted by Crippen LogP contribution is -2.44. The Labute approximate surface area is 339 Å². The summed E-state index contributed by atoms with van der Waals surface area (Å²) >= 11 is 0. The third-order valence-corrected chi connectivity index (χ3v) is 9.07. The number of unbranched alkanes of at least 4 members (excludes halogenated alkanes) is 13. The Balaban J connectivity index is 1.76. The fraction of sp³-hybridized carbons (Fsp3) is 0.850. The quantitative estimate of drug-likeness (QED) is 0.0444. The number of nitrogens with zero attached hydrogens (tertiary/aromatic N) is 1. The first kappa shape index (κ1) is 51.6. The van der Waals surface area contributed by atoms with Crippen LogP contribution < -0.4 is 21.3 Å². The van der Waals surface area contributed by atoms with Gasteiger partial charge in [0.1, 0.15) is 19.8 Å². The monoisotopic (exact) mass is 816 g/mol. The van der Waals surface area contributed by atoms with Gasteiger partial charge < -0.3 is 50.1 Å². The summed E-state index contributed by atoms with van der Waals surface area (Å²) in [4.78, 5) is 71.4. The van der Waals surface area contributed by atoms with E-state index in [0.717, 1.165) is 38.5 Å². The molecule has 330 valence electrons. The van der Waals surface area contributed by atoms with Crippen molar-refractivity contribution in [3.8, 4) is 0 Å². The van der Waals surface area contributed by atoms with Gasteiger partial charge in [0.15, 0.2) is 0 Å². The standard InChI is InChI=1S/C40H73N5O12/c46-35(16-13-11-9-7-5-3-1-2-4-6-8-10-12-14-18-39(50)51)41-19-15-17-36(47)43-21-25-53-28-31-56-34-38(49)44-22-26-54-29-30-55-33-37(48)42-20-23-45-24-27-57-40(52)32-45/h1-34H2,(H,41,46)(H,42,48)(H,43,47)(H,44,49)(H,50,51). The number of rotatable bonds is 40. The fourth-order valence-electron chi connectivity index (χ4n) is 5.87. The molecule has 1 fully saturated rings. The molecule has 1 aliphatic heterocycles. The second-order valence-corrected chi connectivity index (χ2v) is 14.2. The molecule has 0 unspecified atom stereocenters. The van der Waals surface area contributed by atoms with Crippen molar-refractivity contribution in [1.82, 2.24) is 26.2 Å². The van der Waals surface area contributed by atoms with E-state index < -0.39 is 5.97 Å². The summed E-state index contributed by atoms with van der Waals surface area (Å²) in [6.45, 7) is 4.83. The minimum atomic E-state index is -0.696. The zero-order valence-electron chi connectivity index (χ0n) is 34.4. The zero-order chi connectivity index (χ0) is 41.4. The van der Waals surface area contributed by atoms with E-state index in [1.807, 2.05) is 4.90 Å². The zero-order valence-corrected chi connectivity index (χ0v) is 34.4. The highest BCUT2D eigenvalue weighted by Crippen LogP contribution is 2.14. The number of cyclic esters (lactones) is 1. The molecule has 0 atom stereocenters. The van der Waals surface area contributed by atoms with Crippen LogP contribution >= 0.6 is 0 Å². The lowest BCUT2D eigenvalue weighted by atomic mass is 10.0. The van der Waals surface area contributed by atoms with Crippen LogP contribution in [0.5, 0.6) is 0 Å². The van der Waals surface area contributed by atoms with Crippen molar-refractivity contribution in [1.29, 1.82) is 0 Å². The number of aliphatic carboxylic acids is 1. The normalized spacial score (nSPS) is 12.9. The SMILES string of the molecule is O=C(O)CCCCCCCCCCCCCCCCC(=O)NCCCC(=O)NCCOCCOCC(=O)NCCOCCOCC(=O)NCCN1CCOC(=O)C1. The van der Waals surface area contributed by atoms with Crippen LogP contribution in [0.15, 0.2) is 0 Å². The Kier molecular flexibility index (Phi) is 34.6. The molecule has 57 heavy (non-hydrogen) atoms. The minimum absolute atomic E-state index is 0.0374. The van der Waals surface area contributed by atoms with E-state index in [1.165, 1.54) is 51.4 Å². The van der Waals surface area contributed by atoms with Crippen molar-refractivity contribution < 1.29 is 57.6 Å². The van der Waals surface area contributed by atoms with Crippen molar-refractivity contribution in [2.45, 2.75) is 116 Å². The maximum Gasteiger partial charge on any atom is 0.320 e. The number of carboxylic acid groups (broad SMARTS) is 1. The number of ether oxygens (including phenoxy) is 5. The van der Waals surface area contributed by atoms with Crippen LogP contribution in [0.3, 0.4) is 0 Å². The molecule has 0 aliphatic carbocycles. The summed E-state index contributed by atoms with van der Waals surface area (Å²) in [5, 5.41) is 19.7. The largest absolute Gasteiger partial charge is 0.481 e. The van der Waals surface area contributed by atoms with Gasteiger partial charge in [-0.1, -0.05) is 77.0 Å². The van der Waals surface area contributed by atoms with Gasteiger partial charge in [0.2, 0.25) is 23.6 Å². The summed E-state index contributed by atoms with van der Waals surface area (Å²) in [5.41, 5.74) is 0. The Morgan fingerprint density at radius 3 is 1.44 bits per heavy atom. The van der Waals surface area contributed by atoms with Gasteiger partial charge in [-0.05, 0) is 19.3 Å². The maximum atomic E-state index is 12.1. The van der Waals surface area contributed by atoms with Crippen LogP contribution in [0.1, 0.15) is 116 Å². The van der Waals surface area contributed by atoms with Crippen molar-refractivity contribution in [2.24, 2.45) is 0 Å². The van der Waals surface area contributed by atoms with Gasteiger partial charge in [0.05, 0.1) is 46.2 Å². The van der Waals surface area contributed by atoms with E-state index in [4.69, 9.17) is 28.8 Å². The number of esters is 1. The summed E-state index contributed by atoms with van der Waals surface area (Å²) in [6.07, 6.45) is 17.8. The Morgan fingerprint density at radius 1 is 0.509 bits per heavy atom. The summed E-state index contributed by atoms with van der Waals surface area (Å²) in [5.74, 6) is -1.54. The molecule has 1 heterocycles. The van der Waals surface area contributed by atoms with Gasteiger partial charge >= 0.3 is 11.9 Å². The molecular formula is C40H73N5O12. The number of morpholine rings is 1. The first-order valence-corrected chi connectivity index (χ1v) is 21.2. The fourth-order valence-corrected chi connectivity index (χ4v) is 5.87. The van der Waals surface area contributed by atoms with Gasteiger partial charge in [-0.3, -0.25) is 33.7 Å². The lowest BCUT2D eigenvalue weighted by Gasteiger charge is -2.25. The van der Waals surface area contributed by atoms with Crippen LogP contribution in [0, 0.1) is 0 Å². The second kappa shape index (κ2) is 38.2.